The van der Waals surface area contributed by atoms with E-state index >= 15 is 0 Å². The Morgan fingerprint density at radius 2 is 1.77 bits per heavy atom. The van der Waals surface area contributed by atoms with Gasteiger partial charge in [-0.25, -0.2) is 9.59 Å². The SMILES string of the molecule is CCOC(=O)N[C@@H](CCCCN)C(=O)NC(CCC=O)C(=O)OC(C)C. The monoisotopic (exact) mass is 373 g/mol. The zero-order valence-electron chi connectivity index (χ0n) is 15.8. The van der Waals surface area contributed by atoms with Gasteiger partial charge in [0.1, 0.15) is 18.4 Å². The first-order chi connectivity index (χ1) is 12.3. The van der Waals surface area contributed by atoms with E-state index in [1.165, 1.54) is 0 Å². The second-order valence-electron chi connectivity index (χ2n) is 5.99. The number of unbranched alkanes of at least 4 members (excludes halogenated alkanes) is 1. The molecule has 2 amide bonds. The molecular weight excluding hydrogens is 342 g/mol. The summed E-state index contributed by atoms with van der Waals surface area (Å²) < 4.78 is 9.92. The number of carbonyl (C=O) groups is 4. The lowest BCUT2D eigenvalue weighted by molar-refractivity contribution is -0.151. The topological polar surface area (TPSA) is 137 Å². The van der Waals surface area contributed by atoms with Crippen molar-refractivity contribution in [2.75, 3.05) is 13.2 Å². The average Bonchev–Trinajstić information content (AvgIpc) is 2.57. The molecule has 0 rings (SSSR count). The molecule has 9 nitrogen and oxygen atoms in total. The van der Waals surface area contributed by atoms with Gasteiger partial charge in [-0.05, 0) is 53.0 Å². The normalized spacial score (nSPS) is 12.8. The van der Waals surface area contributed by atoms with Crippen LogP contribution in [0.4, 0.5) is 4.79 Å². The number of alkyl carbamates (subject to hydrolysis) is 1. The Balaban J connectivity index is 4.99. The summed E-state index contributed by atoms with van der Waals surface area (Å²) in [7, 11) is 0. The lowest BCUT2D eigenvalue weighted by Crippen LogP contribution is -2.52. The molecule has 0 spiro atoms. The number of amides is 2. The smallest absolute Gasteiger partial charge is 0.407 e. The van der Waals surface area contributed by atoms with Crippen molar-refractivity contribution in [2.24, 2.45) is 5.73 Å². The summed E-state index contributed by atoms with van der Waals surface area (Å²) in [4.78, 5) is 46.9. The molecule has 0 aliphatic rings. The van der Waals surface area contributed by atoms with Crippen molar-refractivity contribution < 1.29 is 28.7 Å². The van der Waals surface area contributed by atoms with Gasteiger partial charge in [0.05, 0.1) is 12.7 Å². The van der Waals surface area contributed by atoms with Crippen molar-refractivity contribution in [1.82, 2.24) is 10.6 Å². The summed E-state index contributed by atoms with van der Waals surface area (Å²) in [6, 6.07) is -1.83. The van der Waals surface area contributed by atoms with Crippen LogP contribution in [0.1, 0.15) is 52.9 Å². The summed E-state index contributed by atoms with van der Waals surface area (Å²) in [6.45, 7) is 5.67. The lowest BCUT2D eigenvalue weighted by Gasteiger charge is -2.23. The Bertz CT molecular complexity index is 456. The number of nitrogens with one attached hydrogen (secondary N) is 2. The van der Waals surface area contributed by atoms with Gasteiger partial charge in [0.25, 0.3) is 0 Å². The Kier molecular flexibility index (Phi) is 12.9. The van der Waals surface area contributed by atoms with Crippen molar-refractivity contribution in [3.63, 3.8) is 0 Å². The molecule has 0 bridgehead atoms. The first-order valence-electron chi connectivity index (χ1n) is 8.93. The number of nitrogens with two attached hydrogens (primary N) is 1. The van der Waals surface area contributed by atoms with E-state index in [2.05, 4.69) is 10.6 Å². The molecule has 0 radical (unpaired) electrons. The summed E-state index contributed by atoms with van der Waals surface area (Å²) in [5.74, 6) is -1.15. The third kappa shape index (κ3) is 10.7. The highest BCUT2D eigenvalue weighted by Gasteiger charge is 2.28. The van der Waals surface area contributed by atoms with E-state index in [-0.39, 0.29) is 25.6 Å². The maximum atomic E-state index is 12.5. The zero-order chi connectivity index (χ0) is 19.9. The number of esters is 1. The number of rotatable bonds is 13. The first kappa shape index (κ1) is 23.8. The Morgan fingerprint density at radius 3 is 2.31 bits per heavy atom. The molecule has 0 fully saturated rings. The maximum Gasteiger partial charge on any atom is 0.407 e. The van der Waals surface area contributed by atoms with Gasteiger partial charge in [0.15, 0.2) is 0 Å². The molecule has 0 aromatic rings. The molecule has 9 heteroatoms. The van der Waals surface area contributed by atoms with Gasteiger partial charge in [-0.15, -0.1) is 0 Å². The Morgan fingerprint density at radius 1 is 1.08 bits per heavy atom. The van der Waals surface area contributed by atoms with E-state index in [0.29, 0.717) is 32.1 Å². The van der Waals surface area contributed by atoms with Gasteiger partial charge in [-0.3, -0.25) is 4.79 Å². The van der Waals surface area contributed by atoms with Crippen LogP contribution in [0.2, 0.25) is 0 Å². The van der Waals surface area contributed by atoms with Gasteiger partial charge >= 0.3 is 12.1 Å². The molecule has 2 atom stereocenters. The fourth-order valence-electron chi connectivity index (χ4n) is 2.15. The third-order valence-corrected chi connectivity index (χ3v) is 3.36. The molecule has 0 saturated heterocycles. The Labute approximate surface area is 154 Å². The molecule has 0 aromatic carbocycles. The van der Waals surface area contributed by atoms with Crippen molar-refractivity contribution >= 4 is 24.3 Å². The van der Waals surface area contributed by atoms with E-state index in [4.69, 9.17) is 15.2 Å². The van der Waals surface area contributed by atoms with Crippen LogP contribution in [-0.4, -0.2) is 55.6 Å². The van der Waals surface area contributed by atoms with E-state index in [1.807, 2.05) is 0 Å². The first-order valence-corrected chi connectivity index (χ1v) is 8.93. The lowest BCUT2D eigenvalue weighted by atomic mass is 10.1. The van der Waals surface area contributed by atoms with Crippen molar-refractivity contribution in [1.29, 1.82) is 0 Å². The van der Waals surface area contributed by atoms with Gasteiger partial charge in [-0.1, -0.05) is 0 Å². The minimum absolute atomic E-state index is 0.0985. The van der Waals surface area contributed by atoms with Crippen molar-refractivity contribution in [3.8, 4) is 0 Å². The third-order valence-electron chi connectivity index (χ3n) is 3.36. The molecule has 26 heavy (non-hydrogen) atoms. The van der Waals surface area contributed by atoms with Crippen LogP contribution in [0.5, 0.6) is 0 Å². The van der Waals surface area contributed by atoms with Gasteiger partial charge < -0.3 is 30.6 Å². The molecule has 150 valence electrons. The zero-order valence-corrected chi connectivity index (χ0v) is 15.8. The van der Waals surface area contributed by atoms with Gasteiger partial charge in [-0.2, -0.15) is 0 Å². The number of hydrogen-bond donors (Lipinski definition) is 3. The summed E-state index contributed by atoms with van der Waals surface area (Å²) in [5.41, 5.74) is 5.45. The predicted octanol–water partition coefficient (Wildman–Crippen LogP) is 0.646. The van der Waals surface area contributed by atoms with Crippen LogP contribution < -0.4 is 16.4 Å². The summed E-state index contributed by atoms with van der Waals surface area (Å²) >= 11 is 0. The summed E-state index contributed by atoms with van der Waals surface area (Å²) in [6.07, 6.45) is 1.48. The fraction of sp³-hybridized carbons (Fsp3) is 0.765. The standard InChI is InChI=1S/C17H31N3O6/c1-4-25-17(24)20-13(8-5-6-10-18)15(22)19-14(9-7-11-21)16(23)26-12(2)3/h11-14H,4-10,18H2,1-3H3,(H,19,22)(H,20,24)/t13-,14?/m0/s1. The highest BCUT2D eigenvalue weighted by Crippen LogP contribution is 2.06. The van der Waals surface area contributed by atoms with Crippen LogP contribution in [-0.2, 0) is 23.9 Å². The van der Waals surface area contributed by atoms with Crippen molar-refractivity contribution in [3.05, 3.63) is 0 Å². The highest BCUT2D eigenvalue weighted by molar-refractivity contribution is 5.89. The van der Waals surface area contributed by atoms with Crippen LogP contribution in [0.25, 0.3) is 0 Å². The minimum atomic E-state index is -0.962. The van der Waals surface area contributed by atoms with Gasteiger partial charge in [0, 0.05) is 6.42 Å². The maximum absolute atomic E-state index is 12.5. The highest BCUT2D eigenvalue weighted by atomic mass is 16.5. The van der Waals surface area contributed by atoms with E-state index in [0.717, 1.165) is 0 Å². The van der Waals surface area contributed by atoms with Gasteiger partial charge in [0.2, 0.25) is 5.91 Å². The average molecular weight is 373 g/mol. The summed E-state index contributed by atoms with van der Waals surface area (Å²) in [5, 5.41) is 5.04. The molecule has 0 saturated carbocycles. The van der Waals surface area contributed by atoms with Crippen LogP contribution in [0, 0.1) is 0 Å². The van der Waals surface area contributed by atoms with E-state index < -0.39 is 30.1 Å². The van der Waals surface area contributed by atoms with E-state index in [9.17, 15) is 19.2 Å². The molecule has 1 unspecified atom stereocenters. The fourth-order valence-corrected chi connectivity index (χ4v) is 2.15. The second kappa shape index (κ2) is 14.1. The quantitative estimate of drug-likeness (QED) is 0.245. The molecule has 0 aliphatic heterocycles. The number of aldehydes is 1. The molecule has 4 N–H and O–H groups in total. The second-order valence-corrected chi connectivity index (χ2v) is 5.99. The number of hydrogen-bond acceptors (Lipinski definition) is 7. The van der Waals surface area contributed by atoms with Crippen molar-refractivity contribution in [2.45, 2.75) is 71.1 Å². The molecule has 0 aromatic heterocycles. The van der Waals surface area contributed by atoms with Crippen LogP contribution >= 0.6 is 0 Å². The largest absolute Gasteiger partial charge is 0.461 e. The Hall–Kier alpha value is -2.16. The van der Waals surface area contributed by atoms with E-state index in [1.54, 1.807) is 20.8 Å². The molecule has 0 aliphatic carbocycles. The molecule has 0 heterocycles. The number of carbonyl (C=O) groups excluding carboxylic acids is 4. The molecular formula is C17H31N3O6. The number of ether oxygens (including phenoxy) is 2. The van der Waals surface area contributed by atoms with Crippen LogP contribution in [0.15, 0.2) is 0 Å². The van der Waals surface area contributed by atoms with Crippen LogP contribution in [0.3, 0.4) is 0 Å². The predicted molar refractivity (Wildman–Crippen MR) is 95.3 cm³/mol. The minimum Gasteiger partial charge on any atom is -0.461 e.